The molecule has 1 amide bonds. The largest absolute Gasteiger partial charge is 0.337 e. The van der Waals surface area contributed by atoms with E-state index < -0.39 is 0 Å². The van der Waals surface area contributed by atoms with Crippen molar-refractivity contribution in [2.45, 2.75) is 44.4 Å². The van der Waals surface area contributed by atoms with Gasteiger partial charge in [-0.05, 0) is 44.4 Å². The Labute approximate surface area is 140 Å². The molecule has 1 saturated heterocycles. The first-order valence-electron chi connectivity index (χ1n) is 8.92. The summed E-state index contributed by atoms with van der Waals surface area (Å²) in [6.45, 7) is 3.44. The fraction of sp³-hybridized carbons (Fsp3) is 0.647. The summed E-state index contributed by atoms with van der Waals surface area (Å²) < 4.78 is 0. The van der Waals surface area contributed by atoms with E-state index in [1.165, 1.54) is 25.7 Å². The van der Waals surface area contributed by atoms with Crippen molar-refractivity contribution in [3.63, 3.8) is 0 Å². The third-order valence-corrected chi connectivity index (χ3v) is 5.75. The summed E-state index contributed by atoms with van der Waals surface area (Å²) in [6, 6.07) is 0. The first kappa shape index (κ1) is 14.2. The Bertz CT molecular complexity index is 772. The Kier molecular flexibility index (Phi) is 3.05. The number of nitrogens with zero attached hydrogens (tertiary/aromatic N) is 4. The molecule has 7 heteroatoms. The molecule has 2 aromatic heterocycles. The number of H-pyrrole nitrogens is 2. The normalized spacial score (nSPS) is 27.0. The van der Waals surface area contributed by atoms with Gasteiger partial charge in [-0.25, -0.2) is 4.98 Å². The Hall–Kier alpha value is -2.18. The molecule has 0 spiro atoms. The molecule has 24 heavy (non-hydrogen) atoms. The maximum atomic E-state index is 12.8. The van der Waals surface area contributed by atoms with Gasteiger partial charge in [-0.3, -0.25) is 15.0 Å². The predicted molar refractivity (Wildman–Crippen MR) is 86.5 cm³/mol. The van der Waals surface area contributed by atoms with Crippen LogP contribution in [-0.2, 0) is 0 Å². The lowest BCUT2D eigenvalue weighted by molar-refractivity contribution is 0.0784. The second kappa shape index (κ2) is 5.16. The van der Waals surface area contributed by atoms with Crippen LogP contribution in [0.25, 0.3) is 0 Å². The second-order valence-electron chi connectivity index (χ2n) is 7.58. The number of hydrogen-bond acceptors (Lipinski definition) is 4. The van der Waals surface area contributed by atoms with E-state index in [9.17, 15) is 4.79 Å². The highest BCUT2D eigenvalue weighted by atomic mass is 16.2. The van der Waals surface area contributed by atoms with Gasteiger partial charge in [0, 0.05) is 30.6 Å². The molecule has 3 fully saturated rings. The molecule has 5 rings (SSSR count). The van der Waals surface area contributed by atoms with Crippen molar-refractivity contribution in [1.82, 2.24) is 30.3 Å². The van der Waals surface area contributed by atoms with Crippen LogP contribution in [0.2, 0.25) is 0 Å². The average Bonchev–Trinajstić information content (AvgIpc) is 3.48. The standard InChI is InChI=1S/C17H22N6O/c1-9-12(6-18-20-9)17(24)23-7-13(10-2-3-10)14(8-23)16-19-15(21-22-16)11-4-5-11/h6,10-11,13-14H,2-5,7-8H2,1H3,(H,18,20)(H,19,21,22)/t13-,14+/m1/s1. The van der Waals surface area contributed by atoms with Gasteiger partial charge in [-0.1, -0.05) is 0 Å². The van der Waals surface area contributed by atoms with Gasteiger partial charge < -0.3 is 4.90 Å². The monoisotopic (exact) mass is 326 g/mol. The van der Waals surface area contributed by atoms with E-state index in [1.807, 2.05) is 11.8 Å². The lowest BCUT2D eigenvalue weighted by Gasteiger charge is -2.15. The highest BCUT2D eigenvalue weighted by Gasteiger charge is 2.46. The number of likely N-dealkylation sites (tertiary alicyclic amines) is 1. The number of aromatic nitrogens is 5. The van der Waals surface area contributed by atoms with Crippen molar-refractivity contribution in [2.24, 2.45) is 11.8 Å². The molecular formula is C17H22N6O. The van der Waals surface area contributed by atoms with Crippen molar-refractivity contribution < 1.29 is 4.79 Å². The first-order chi connectivity index (χ1) is 11.7. The second-order valence-corrected chi connectivity index (χ2v) is 7.58. The number of hydrogen-bond donors (Lipinski definition) is 2. The smallest absolute Gasteiger partial charge is 0.257 e. The zero-order valence-electron chi connectivity index (χ0n) is 13.8. The van der Waals surface area contributed by atoms with Crippen LogP contribution in [0.4, 0.5) is 0 Å². The predicted octanol–water partition coefficient (Wildman–Crippen LogP) is 1.98. The quantitative estimate of drug-likeness (QED) is 0.899. The molecule has 7 nitrogen and oxygen atoms in total. The number of aromatic amines is 2. The van der Waals surface area contributed by atoms with Crippen LogP contribution < -0.4 is 0 Å². The minimum atomic E-state index is 0.0799. The Morgan fingerprint density at radius 1 is 1.21 bits per heavy atom. The molecule has 0 aromatic carbocycles. The maximum absolute atomic E-state index is 12.8. The fourth-order valence-electron chi connectivity index (χ4n) is 4.00. The molecule has 0 radical (unpaired) electrons. The third kappa shape index (κ3) is 2.34. The van der Waals surface area contributed by atoms with Gasteiger partial charge in [0.15, 0.2) is 5.82 Å². The third-order valence-electron chi connectivity index (χ3n) is 5.75. The topological polar surface area (TPSA) is 90.6 Å². The summed E-state index contributed by atoms with van der Waals surface area (Å²) in [7, 11) is 0. The molecular weight excluding hydrogens is 304 g/mol. The van der Waals surface area contributed by atoms with Crippen LogP contribution in [0, 0.1) is 18.8 Å². The number of amides is 1. The minimum Gasteiger partial charge on any atom is -0.337 e. The van der Waals surface area contributed by atoms with Gasteiger partial charge >= 0.3 is 0 Å². The molecule has 2 aromatic rings. The van der Waals surface area contributed by atoms with Crippen LogP contribution in [0.1, 0.15) is 65.2 Å². The van der Waals surface area contributed by atoms with E-state index in [2.05, 4.69) is 20.4 Å². The SMILES string of the molecule is Cc1[nH]ncc1C(=O)N1C[C@H](c2nc(C3CC3)n[nH]2)[C@@H](C2CC2)C1. The van der Waals surface area contributed by atoms with E-state index in [1.54, 1.807) is 6.20 Å². The summed E-state index contributed by atoms with van der Waals surface area (Å²) in [5, 5.41) is 14.4. The average molecular weight is 326 g/mol. The van der Waals surface area contributed by atoms with E-state index in [-0.39, 0.29) is 11.8 Å². The lowest BCUT2D eigenvalue weighted by Crippen LogP contribution is -2.29. The molecule has 0 unspecified atom stereocenters. The minimum absolute atomic E-state index is 0.0799. The molecule has 2 saturated carbocycles. The maximum Gasteiger partial charge on any atom is 0.257 e. The number of rotatable bonds is 4. The van der Waals surface area contributed by atoms with Gasteiger partial charge in [-0.15, -0.1) is 0 Å². The van der Waals surface area contributed by atoms with Gasteiger partial charge in [0.2, 0.25) is 0 Å². The lowest BCUT2D eigenvalue weighted by atomic mass is 9.91. The molecule has 2 atom stereocenters. The first-order valence-corrected chi connectivity index (χ1v) is 8.92. The van der Waals surface area contributed by atoms with Crippen molar-refractivity contribution in [3.8, 4) is 0 Å². The highest BCUT2D eigenvalue weighted by molar-refractivity contribution is 5.95. The molecule has 0 bridgehead atoms. The van der Waals surface area contributed by atoms with Crippen molar-refractivity contribution in [2.75, 3.05) is 13.1 Å². The van der Waals surface area contributed by atoms with Crippen LogP contribution in [-0.4, -0.2) is 49.3 Å². The van der Waals surface area contributed by atoms with Gasteiger partial charge in [0.25, 0.3) is 5.91 Å². The molecule has 2 N–H and O–H groups in total. The van der Waals surface area contributed by atoms with E-state index in [0.29, 0.717) is 17.4 Å². The molecule has 2 aliphatic carbocycles. The molecule has 126 valence electrons. The van der Waals surface area contributed by atoms with Crippen LogP contribution >= 0.6 is 0 Å². The van der Waals surface area contributed by atoms with Crippen LogP contribution in [0.3, 0.4) is 0 Å². The summed E-state index contributed by atoms with van der Waals surface area (Å²) in [5.74, 6) is 4.10. The zero-order valence-corrected chi connectivity index (χ0v) is 13.8. The number of aryl methyl sites for hydroxylation is 1. The summed E-state index contributed by atoms with van der Waals surface area (Å²) in [5.41, 5.74) is 1.52. The molecule has 1 aliphatic heterocycles. The summed E-state index contributed by atoms with van der Waals surface area (Å²) in [4.78, 5) is 19.6. The summed E-state index contributed by atoms with van der Waals surface area (Å²) >= 11 is 0. The number of carbonyl (C=O) groups excluding carboxylic acids is 1. The van der Waals surface area contributed by atoms with Crippen molar-refractivity contribution >= 4 is 5.91 Å². The Morgan fingerprint density at radius 2 is 2.04 bits per heavy atom. The van der Waals surface area contributed by atoms with Crippen LogP contribution in [0.15, 0.2) is 6.20 Å². The zero-order chi connectivity index (χ0) is 16.3. The van der Waals surface area contributed by atoms with E-state index >= 15 is 0 Å². The highest BCUT2D eigenvalue weighted by Crippen LogP contribution is 2.47. The fourth-order valence-corrected chi connectivity index (χ4v) is 4.00. The molecule has 3 heterocycles. The van der Waals surface area contributed by atoms with Crippen molar-refractivity contribution in [1.29, 1.82) is 0 Å². The van der Waals surface area contributed by atoms with Gasteiger partial charge in [0.1, 0.15) is 5.82 Å². The van der Waals surface area contributed by atoms with Gasteiger partial charge in [-0.2, -0.15) is 10.2 Å². The van der Waals surface area contributed by atoms with E-state index in [4.69, 9.17) is 4.98 Å². The van der Waals surface area contributed by atoms with Crippen molar-refractivity contribution in [3.05, 3.63) is 29.1 Å². The Morgan fingerprint density at radius 3 is 2.71 bits per heavy atom. The van der Waals surface area contributed by atoms with Crippen LogP contribution in [0.5, 0.6) is 0 Å². The number of carbonyl (C=O) groups is 1. The van der Waals surface area contributed by atoms with Gasteiger partial charge in [0.05, 0.1) is 11.8 Å². The van der Waals surface area contributed by atoms with E-state index in [0.717, 1.165) is 36.4 Å². The summed E-state index contributed by atoms with van der Waals surface area (Å²) in [6.07, 6.45) is 6.60. The Balaban J connectivity index is 1.39. The molecule has 3 aliphatic rings. The number of nitrogens with one attached hydrogen (secondary N) is 2.